The van der Waals surface area contributed by atoms with E-state index >= 15 is 0 Å². The molecule has 0 radical (unpaired) electrons. The van der Waals surface area contributed by atoms with Gasteiger partial charge >= 0.3 is 0 Å². The van der Waals surface area contributed by atoms with Gasteiger partial charge in [0, 0.05) is 17.1 Å². The smallest absolute Gasteiger partial charge is 0.129 e. The topological polar surface area (TPSA) is 29.5 Å². The first kappa shape index (κ1) is 14.9. The van der Waals surface area contributed by atoms with Crippen LogP contribution in [-0.2, 0) is 4.74 Å². The predicted molar refractivity (Wildman–Crippen MR) is 76.4 cm³/mol. The molecule has 1 aromatic rings. The Kier molecular flexibility index (Phi) is 5.37. The number of ether oxygens (including phenoxy) is 1. The summed E-state index contributed by atoms with van der Waals surface area (Å²) in [5.74, 6) is -0.0688. The van der Waals surface area contributed by atoms with Crippen LogP contribution >= 0.6 is 15.9 Å². The van der Waals surface area contributed by atoms with Gasteiger partial charge in [-0.3, -0.25) is 0 Å². The molecule has 2 nitrogen and oxygen atoms in total. The first-order chi connectivity index (χ1) is 9.13. The molecule has 4 heteroatoms. The molecule has 0 spiro atoms. The number of benzene rings is 1. The lowest BCUT2D eigenvalue weighted by molar-refractivity contribution is -0.0571. The van der Waals surface area contributed by atoms with Gasteiger partial charge in [-0.15, -0.1) is 0 Å². The molecule has 2 unspecified atom stereocenters. The molecule has 1 saturated carbocycles. The maximum Gasteiger partial charge on any atom is 0.129 e. The Morgan fingerprint density at radius 1 is 1.32 bits per heavy atom. The van der Waals surface area contributed by atoms with Crippen molar-refractivity contribution in [3.05, 3.63) is 34.1 Å². The molecular weight excluding hydrogens is 311 g/mol. The van der Waals surface area contributed by atoms with Gasteiger partial charge in [0.1, 0.15) is 11.9 Å². The van der Waals surface area contributed by atoms with Crippen molar-refractivity contribution in [1.29, 1.82) is 0 Å². The minimum Gasteiger partial charge on any atom is -0.386 e. The largest absolute Gasteiger partial charge is 0.386 e. The van der Waals surface area contributed by atoms with Crippen molar-refractivity contribution in [2.45, 2.75) is 44.3 Å². The van der Waals surface area contributed by atoms with Gasteiger partial charge in [0.2, 0.25) is 0 Å². The number of hydrogen-bond donors (Lipinski definition) is 1. The highest BCUT2D eigenvalue weighted by atomic mass is 79.9. The highest BCUT2D eigenvalue weighted by Gasteiger charge is 2.31. The summed E-state index contributed by atoms with van der Waals surface area (Å²) in [6.45, 7) is 0. The fourth-order valence-corrected chi connectivity index (χ4v) is 3.34. The molecule has 2 atom stereocenters. The first-order valence-electron chi connectivity index (χ1n) is 6.79. The van der Waals surface area contributed by atoms with E-state index in [9.17, 15) is 9.50 Å². The summed E-state index contributed by atoms with van der Waals surface area (Å²) in [6, 6.07) is 4.64. The molecule has 0 bridgehead atoms. The van der Waals surface area contributed by atoms with Crippen molar-refractivity contribution < 1.29 is 14.2 Å². The second-order valence-electron chi connectivity index (χ2n) is 5.21. The minimum absolute atomic E-state index is 0.312. The van der Waals surface area contributed by atoms with E-state index in [1.165, 1.54) is 12.5 Å². The normalized spacial score (nSPS) is 20.2. The average molecular weight is 331 g/mol. The van der Waals surface area contributed by atoms with E-state index in [0.717, 1.165) is 30.2 Å². The lowest BCUT2D eigenvalue weighted by Gasteiger charge is -2.32. The van der Waals surface area contributed by atoms with Gasteiger partial charge in [-0.05, 0) is 37.0 Å². The van der Waals surface area contributed by atoms with Crippen molar-refractivity contribution in [3.8, 4) is 0 Å². The molecule has 0 saturated heterocycles. The van der Waals surface area contributed by atoms with Gasteiger partial charge in [0.05, 0.1) is 6.10 Å². The zero-order chi connectivity index (χ0) is 13.8. The van der Waals surface area contributed by atoms with E-state index in [-0.39, 0.29) is 11.9 Å². The molecule has 106 valence electrons. The third kappa shape index (κ3) is 3.56. The molecule has 0 heterocycles. The molecule has 1 aliphatic rings. The summed E-state index contributed by atoms with van der Waals surface area (Å²) in [5.41, 5.74) is 0.312. The molecule has 0 amide bonds. The summed E-state index contributed by atoms with van der Waals surface area (Å²) >= 11 is 3.31. The number of rotatable bonds is 4. The summed E-state index contributed by atoms with van der Waals surface area (Å²) in [6.07, 6.45) is 4.43. The Hall–Kier alpha value is -0.450. The van der Waals surface area contributed by atoms with Crippen LogP contribution in [0.15, 0.2) is 22.7 Å². The van der Waals surface area contributed by atoms with Crippen LogP contribution in [0.2, 0.25) is 0 Å². The molecule has 0 aromatic heterocycles. The van der Waals surface area contributed by atoms with Gasteiger partial charge in [0.15, 0.2) is 0 Å². The zero-order valence-corrected chi connectivity index (χ0v) is 12.7. The van der Waals surface area contributed by atoms with E-state index in [0.29, 0.717) is 11.5 Å². The van der Waals surface area contributed by atoms with Crippen LogP contribution in [0.3, 0.4) is 0 Å². The second kappa shape index (κ2) is 6.82. The lowest BCUT2D eigenvalue weighted by atomic mass is 9.82. The Morgan fingerprint density at radius 3 is 2.63 bits per heavy atom. The molecule has 19 heavy (non-hydrogen) atoms. The van der Waals surface area contributed by atoms with Gasteiger partial charge in [-0.1, -0.05) is 35.2 Å². The summed E-state index contributed by atoms with van der Waals surface area (Å²) in [5, 5.41) is 10.5. The molecular formula is C15H20BrFO2. The summed E-state index contributed by atoms with van der Waals surface area (Å²) < 4.78 is 20.1. The van der Waals surface area contributed by atoms with Crippen molar-refractivity contribution in [1.82, 2.24) is 0 Å². The van der Waals surface area contributed by atoms with E-state index in [1.807, 2.05) is 0 Å². The van der Waals surface area contributed by atoms with Crippen LogP contribution in [-0.4, -0.2) is 18.3 Å². The highest BCUT2D eigenvalue weighted by Crippen LogP contribution is 2.35. The number of aliphatic hydroxyl groups excluding tert-OH is 1. The maximum absolute atomic E-state index is 13.8. The fraction of sp³-hybridized carbons (Fsp3) is 0.600. The van der Waals surface area contributed by atoms with Crippen LogP contribution in [0.4, 0.5) is 4.39 Å². The second-order valence-corrected chi connectivity index (χ2v) is 6.12. The molecule has 1 fully saturated rings. The summed E-state index contributed by atoms with van der Waals surface area (Å²) in [4.78, 5) is 0. The number of methoxy groups -OCH3 is 1. The number of aliphatic hydroxyl groups is 1. The fourth-order valence-electron chi connectivity index (χ4n) is 2.96. The third-order valence-corrected chi connectivity index (χ3v) is 4.47. The monoisotopic (exact) mass is 330 g/mol. The predicted octanol–water partition coefficient (Wildman–Crippen LogP) is 4.22. The van der Waals surface area contributed by atoms with Gasteiger partial charge < -0.3 is 9.84 Å². The van der Waals surface area contributed by atoms with Crippen LogP contribution in [0.5, 0.6) is 0 Å². The zero-order valence-electron chi connectivity index (χ0n) is 11.1. The standard InChI is InChI=1S/C15H20BrFO2/c1-19-15(10-5-3-2-4-6-10)14(18)12-9-11(16)7-8-13(12)17/h7-10,14-15,18H,2-6H2,1H3. The number of hydrogen-bond acceptors (Lipinski definition) is 2. The van der Waals surface area contributed by atoms with E-state index < -0.39 is 6.10 Å². The van der Waals surface area contributed by atoms with Gasteiger partial charge in [-0.2, -0.15) is 0 Å². The number of halogens is 2. The summed E-state index contributed by atoms with van der Waals surface area (Å²) in [7, 11) is 1.60. The SMILES string of the molecule is COC(C1CCCCC1)C(O)c1cc(Br)ccc1F. The van der Waals surface area contributed by atoms with Crippen LogP contribution < -0.4 is 0 Å². The van der Waals surface area contributed by atoms with E-state index in [2.05, 4.69) is 15.9 Å². The van der Waals surface area contributed by atoms with E-state index in [4.69, 9.17) is 4.74 Å². The van der Waals surface area contributed by atoms with Crippen LogP contribution in [0.25, 0.3) is 0 Å². The van der Waals surface area contributed by atoms with Crippen LogP contribution in [0, 0.1) is 11.7 Å². The molecule has 1 aliphatic carbocycles. The van der Waals surface area contributed by atoms with Gasteiger partial charge in [0.25, 0.3) is 0 Å². The lowest BCUT2D eigenvalue weighted by Crippen LogP contribution is -2.31. The highest BCUT2D eigenvalue weighted by molar-refractivity contribution is 9.10. The third-order valence-electron chi connectivity index (χ3n) is 3.97. The van der Waals surface area contributed by atoms with Crippen molar-refractivity contribution in [2.75, 3.05) is 7.11 Å². The van der Waals surface area contributed by atoms with E-state index in [1.54, 1.807) is 19.2 Å². The Labute approximate surface area is 122 Å². The maximum atomic E-state index is 13.8. The van der Waals surface area contributed by atoms with Crippen molar-refractivity contribution in [3.63, 3.8) is 0 Å². The van der Waals surface area contributed by atoms with Crippen LogP contribution in [0.1, 0.15) is 43.8 Å². The Morgan fingerprint density at radius 2 is 2.00 bits per heavy atom. The molecule has 1 aromatic carbocycles. The average Bonchev–Trinajstić information content (AvgIpc) is 2.43. The van der Waals surface area contributed by atoms with Crippen molar-refractivity contribution in [2.24, 2.45) is 5.92 Å². The Bertz CT molecular complexity index is 419. The first-order valence-corrected chi connectivity index (χ1v) is 7.58. The minimum atomic E-state index is -0.911. The van der Waals surface area contributed by atoms with Gasteiger partial charge in [-0.25, -0.2) is 4.39 Å². The molecule has 1 N–H and O–H groups in total. The molecule has 2 rings (SSSR count). The quantitative estimate of drug-likeness (QED) is 0.895. The molecule has 0 aliphatic heterocycles. The Balaban J connectivity index is 2.19. The van der Waals surface area contributed by atoms with Crippen molar-refractivity contribution >= 4 is 15.9 Å².